The number of benzene rings is 2. The Morgan fingerprint density at radius 3 is 2.72 bits per heavy atom. The van der Waals surface area contributed by atoms with E-state index < -0.39 is 16.6 Å². The van der Waals surface area contributed by atoms with Crippen molar-refractivity contribution in [2.24, 2.45) is 0 Å². The highest BCUT2D eigenvalue weighted by Crippen LogP contribution is 2.61. The molecule has 0 saturated carbocycles. The molecule has 2 aromatic rings. The summed E-state index contributed by atoms with van der Waals surface area (Å²) in [5.41, 5.74) is 1.67. The summed E-state index contributed by atoms with van der Waals surface area (Å²) in [6, 6.07) is 11.4. The van der Waals surface area contributed by atoms with Crippen molar-refractivity contribution >= 4 is 33.8 Å². The second kappa shape index (κ2) is 7.51. The van der Waals surface area contributed by atoms with Gasteiger partial charge >= 0.3 is 0 Å². The summed E-state index contributed by atoms with van der Waals surface area (Å²) in [4.78, 5) is 0. The van der Waals surface area contributed by atoms with Crippen molar-refractivity contribution in [2.45, 2.75) is 24.5 Å². The fraction of sp³-hybridized carbons (Fsp3) is 0.333. The van der Waals surface area contributed by atoms with Gasteiger partial charge < -0.3 is 5.32 Å². The summed E-state index contributed by atoms with van der Waals surface area (Å²) in [6.07, 6.45) is 1.94. The van der Waals surface area contributed by atoms with Crippen LogP contribution in [0.25, 0.3) is 0 Å². The highest BCUT2D eigenvalue weighted by Gasteiger charge is 2.40. The van der Waals surface area contributed by atoms with Gasteiger partial charge in [-0.25, -0.2) is 8.70 Å². The lowest BCUT2D eigenvalue weighted by atomic mass is 10.0. The molecule has 2 aromatic carbocycles. The van der Waals surface area contributed by atoms with Crippen LogP contribution in [0.15, 0.2) is 42.5 Å². The summed E-state index contributed by atoms with van der Waals surface area (Å²) in [5, 5.41) is 3.27. The molecule has 0 aromatic heterocycles. The van der Waals surface area contributed by atoms with Crippen LogP contribution in [0.3, 0.4) is 0 Å². The molecule has 3 N–H and O–H groups in total. The molecule has 1 atom stereocenters. The molecule has 1 heterocycles. The van der Waals surface area contributed by atoms with Crippen molar-refractivity contribution in [3.8, 4) is 0 Å². The van der Waals surface area contributed by atoms with E-state index in [1.54, 1.807) is 30.3 Å². The number of halogens is 2. The fourth-order valence-corrected chi connectivity index (χ4v) is 5.51. The first-order valence-corrected chi connectivity index (χ1v) is 10.1. The van der Waals surface area contributed by atoms with Crippen LogP contribution in [0.1, 0.15) is 18.4 Å². The highest BCUT2D eigenvalue weighted by molar-refractivity contribution is 8.26. The summed E-state index contributed by atoms with van der Waals surface area (Å²) in [7, 11) is -1.36. The molecular weight excluding hydrogens is 363 g/mol. The van der Waals surface area contributed by atoms with E-state index in [2.05, 4.69) is 5.32 Å². The minimum absolute atomic E-state index is 0.171. The summed E-state index contributed by atoms with van der Waals surface area (Å²) < 4.78 is 37.9. The lowest BCUT2D eigenvalue weighted by molar-refractivity contribution is 0.453. The van der Waals surface area contributed by atoms with Gasteiger partial charge in [0.1, 0.15) is 5.82 Å². The summed E-state index contributed by atoms with van der Waals surface area (Å²) in [6.45, 7) is 0.786. The molecule has 1 aliphatic heterocycles. The number of rotatable bonds is 5. The maximum Gasteiger partial charge on any atom is 0.148 e. The van der Waals surface area contributed by atoms with Crippen LogP contribution in [0.2, 0.25) is 5.02 Å². The van der Waals surface area contributed by atoms with E-state index in [1.807, 2.05) is 13.1 Å². The van der Waals surface area contributed by atoms with Gasteiger partial charge in [-0.05, 0) is 68.8 Å². The van der Waals surface area contributed by atoms with Gasteiger partial charge in [0.2, 0.25) is 0 Å². The van der Waals surface area contributed by atoms with E-state index in [4.69, 9.17) is 11.6 Å². The van der Waals surface area contributed by atoms with Gasteiger partial charge in [0, 0.05) is 5.02 Å². The topological polar surface area (TPSA) is 55.7 Å². The van der Waals surface area contributed by atoms with Crippen LogP contribution in [0, 0.1) is 5.82 Å². The number of hydrogen-bond acceptors (Lipinski definition) is 4. The zero-order valence-corrected chi connectivity index (χ0v) is 15.5. The Balaban J connectivity index is 2.08. The Morgan fingerprint density at radius 1 is 1.24 bits per heavy atom. The lowest BCUT2D eigenvalue weighted by Crippen LogP contribution is -2.38. The smallest absolute Gasteiger partial charge is 0.148 e. The first kappa shape index (κ1) is 18.5. The molecule has 3 rings (SSSR count). The second-order valence-electron chi connectivity index (χ2n) is 6.15. The third kappa shape index (κ3) is 3.64. The minimum Gasteiger partial charge on any atom is -0.320 e. The normalized spacial score (nSPS) is 20.2. The van der Waals surface area contributed by atoms with Crippen molar-refractivity contribution in [1.82, 2.24) is 5.32 Å². The Kier molecular flexibility index (Phi) is 5.55. The van der Waals surface area contributed by atoms with Crippen LogP contribution < -0.4 is 9.62 Å². The minimum atomic E-state index is -3.22. The summed E-state index contributed by atoms with van der Waals surface area (Å²) in [5.74, 6) is -0.487. The van der Waals surface area contributed by atoms with Crippen molar-refractivity contribution in [3.63, 3.8) is 0 Å². The molecule has 0 spiro atoms. The van der Waals surface area contributed by atoms with Gasteiger partial charge in [0.25, 0.3) is 0 Å². The first-order chi connectivity index (χ1) is 11.9. The predicted molar refractivity (Wildman–Crippen MR) is 103 cm³/mol. The third-order valence-electron chi connectivity index (χ3n) is 4.45. The predicted octanol–water partition coefficient (Wildman–Crippen LogP) is 5.21. The standard InChI is InChI=1S/C18H22ClFN2O2S/c1-21-10-4-5-15-12-13-11-14(19)8-9-17(13)22(25(15,23)24)18-7-3-2-6-16(18)20/h2-3,6-9,11,15,21,23-24H,4-5,10,12H2,1H3/t15-/m1/s1. The highest BCUT2D eigenvalue weighted by atomic mass is 35.5. The zero-order valence-electron chi connectivity index (χ0n) is 14.0. The quantitative estimate of drug-likeness (QED) is 0.619. The average Bonchev–Trinajstić information content (AvgIpc) is 2.57. The number of hydrogen-bond donors (Lipinski definition) is 3. The fourth-order valence-electron chi connectivity index (χ4n) is 3.22. The Labute approximate surface area is 154 Å². The number of fused-ring (bicyclic) bond motifs is 1. The average molecular weight is 385 g/mol. The molecule has 7 heteroatoms. The molecule has 0 unspecified atom stereocenters. The van der Waals surface area contributed by atoms with E-state index in [1.165, 1.54) is 10.4 Å². The van der Waals surface area contributed by atoms with Crippen molar-refractivity contribution in [1.29, 1.82) is 0 Å². The van der Waals surface area contributed by atoms with Crippen molar-refractivity contribution in [2.75, 3.05) is 17.9 Å². The maximum atomic E-state index is 14.4. The van der Waals surface area contributed by atoms with Gasteiger partial charge in [-0.2, -0.15) is 0 Å². The van der Waals surface area contributed by atoms with Crippen LogP contribution >= 0.6 is 22.4 Å². The summed E-state index contributed by atoms with van der Waals surface area (Å²) >= 11 is 6.13. The molecule has 0 radical (unpaired) electrons. The van der Waals surface area contributed by atoms with Gasteiger partial charge in [0.05, 0.1) is 16.6 Å². The molecule has 4 nitrogen and oxygen atoms in total. The zero-order chi connectivity index (χ0) is 18.0. The molecular formula is C18H22ClFN2O2S. The van der Waals surface area contributed by atoms with Gasteiger partial charge in [-0.3, -0.25) is 9.11 Å². The molecule has 0 fully saturated rings. The Bertz CT molecular complexity index is 760. The van der Waals surface area contributed by atoms with Gasteiger partial charge in [0.15, 0.2) is 0 Å². The van der Waals surface area contributed by atoms with Crippen molar-refractivity contribution < 1.29 is 13.5 Å². The van der Waals surface area contributed by atoms with Crippen LogP contribution in [0.5, 0.6) is 0 Å². The van der Waals surface area contributed by atoms with Gasteiger partial charge in [-0.15, -0.1) is 10.8 Å². The van der Waals surface area contributed by atoms with Crippen molar-refractivity contribution in [3.05, 3.63) is 58.9 Å². The number of nitrogens with one attached hydrogen (secondary N) is 1. The van der Waals surface area contributed by atoms with Crippen LogP contribution in [-0.4, -0.2) is 27.9 Å². The van der Waals surface area contributed by atoms with Gasteiger partial charge in [-0.1, -0.05) is 23.7 Å². The largest absolute Gasteiger partial charge is 0.320 e. The van der Waals surface area contributed by atoms with E-state index >= 15 is 0 Å². The monoisotopic (exact) mass is 384 g/mol. The maximum absolute atomic E-state index is 14.4. The molecule has 136 valence electrons. The Morgan fingerprint density at radius 2 is 2.00 bits per heavy atom. The Hall–Kier alpha value is -1.31. The molecule has 0 saturated heterocycles. The van der Waals surface area contributed by atoms with E-state index in [9.17, 15) is 13.5 Å². The number of nitrogens with zero attached hydrogens (tertiary/aromatic N) is 1. The second-order valence-corrected chi connectivity index (χ2v) is 8.74. The number of anilines is 2. The molecule has 0 amide bonds. The first-order valence-electron chi connectivity index (χ1n) is 8.20. The van der Waals surface area contributed by atoms with E-state index in [-0.39, 0.29) is 10.9 Å². The van der Waals surface area contributed by atoms with Crippen LogP contribution in [0.4, 0.5) is 15.8 Å². The van der Waals surface area contributed by atoms with Crippen LogP contribution in [-0.2, 0) is 6.42 Å². The van der Waals surface area contributed by atoms with E-state index in [0.717, 1.165) is 18.5 Å². The SMILES string of the molecule is CNCCC[C@@H]1Cc2cc(Cl)ccc2N(c2ccccc2F)S1(O)O. The molecule has 25 heavy (non-hydrogen) atoms. The molecule has 0 aliphatic carbocycles. The van der Waals surface area contributed by atoms with E-state index in [0.29, 0.717) is 23.6 Å². The third-order valence-corrected chi connectivity index (χ3v) is 6.91. The molecule has 1 aliphatic rings. The number of para-hydroxylation sites is 1. The molecule has 0 bridgehead atoms. The lowest BCUT2D eigenvalue weighted by Gasteiger charge is -2.53.